The molecule has 5 nitrogen and oxygen atoms in total. The van der Waals surface area contributed by atoms with Gasteiger partial charge in [0.25, 0.3) is 0 Å². The van der Waals surface area contributed by atoms with Crippen molar-refractivity contribution in [2.24, 2.45) is 5.73 Å². The number of ether oxygens (including phenoxy) is 3. The van der Waals surface area contributed by atoms with E-state index in [0.29, 0.717) is 18.8 Å². The fourth-order valence-corrected chi connectivity index (χ4v) is 2.97. The molecule has 1 fully saturated rings. The van der Waals surface area contributed by atoms with Crippen molar-refractivity contribution < 1.29 is 23.0 Å². The van der Waals surface area contributed by atoms with E-state index >= 15 is 0 Å². The molecule has 1 aliphatic rings. The lowest BCUT2D eigenvalue weighted by Gasteiger charge is -2.38. The van der Waals surface area contributed by atoms with E-state index in [-0.39, 0.29) is 30.3 Å². The van der Waals surface area contributed by atoms with Gasteiger partial charge < -0.3 is 19.9 Å². The van der Waals surface area contributed by atoms with Gasteiger partial charge >= 0.3 is 6.61 Å². The molecule has 0 spiro atoms. The summed E-state index contributed by atoms with van der Waals surface area (Å²) in [4.78, 5) is 2.29. The molecule has 24 heavy (non-hydrogen) atoms. The Morgan fingerprint density at radius 1 is 1.29 bits per heavy atom. The van der Waals surface area contributed by atoms with Crippen LogP contribution in [0.3, 0.4) is 0 Å². The SMILES string of the molecule is COc1cc(CN2CCC(OC)CC2CN)ccc1OC(F)F.Cl. The fourth-order valence-electron chi connectivity index (χ4n) is 2.97. The van der Waals surface area contributed by atoms with Gasteiger partial charge in [-0.05, 0) is 30.5 Å². The molecule has 1 saturated heterocycles. The molecular formula is C16H25ClF2N2O3. The Bertz CT molecular complexity index is 508. The quantitative estimate of drug-likeness (QED) is 0.804. The maximum atomic E-state index is 12.4. The maximum absolute atomic E-state index is 12.4. The van der Waals surface area contributed by atoms with E-state index in [4.69, 9.17) is 15.2 Å². The zero-order valence-corrected chi connectivity index (χ0v) is 14.7. The van der Waals surface area contributed by atoms with Crippen molar-refractivity contribution in [3.63, 3.8) is 0 Å². The van der Waals surface area contributed by atoms with E-state index < -0.39 is 6.61 Å². The third kappa shape index (κ3) is 5.44. The number of hydrogen-bond donors (Lipinski definition) is 1. The highest BCUT2D eigenvalue weighted by Crippen LogP contribution is 2.30. The van der Waals surface area contributed by atoms with Crippen LogP contribution in [-0.4, -0.2) is 51.0 Å². The average Bonchev–Trinajstić information content (AvgIpc) is 2.56. The molecule has 1 heterocycles. The molecule has 0 aliphatic carbocycles. The van der Waals surface area contributed by atoms with Gasteiger partial charge in [-0.25, -0.2) is 0 Å². The van der Waals surface area contributed by atoms with Crippen molar-refractivity contribution in [3.8, 4) is 11.5 Å². The number of hydrogen-bond acceptors (Lipinski definition) is 5. The van der Waals surface area contributed by atoms with E-state index in [9.17, 15) is 8.78 Å². The first-order valence-corrected chi connectivity index (χ1v) is 7.66. The van der Waals surface area contributed by atoms with E-state index in [1.165, 1.54) is 13.2 Å². The van der Waals surface area contributed by atoms with Gasteiger partial charge in [-0.15, -0.1) is 12.4 Å². The fraction of sp³-hybridized carbons (Fsp3) is 0.625. The molecule has 1 aromatic rings. The van der Waals surface area contributed by atoms with E-state index in [1.54, 1.807) is 19.2 Å². The molecule has 1 aromatic carbocycles. The number of nitrogens with zero attached hydrogens (tertiary/aromatic N) is 1. The topological polar surface area (TPSA) is 57.0 Å². The number of likely N-dealkylation sites (tertiary alicyclic amines) is 1. The minimum Gasteiger partial charge on any atom is -0.493 e. The van der Waals surface area contributed by atoms with Gasteiger partial charge in [0.2, 0.25) is 0 Å². The van der Waals surface area contributed by atoms with E-state index in [1.807, 2.05) is 0 Å². The van der Waals surface area contributed by atoms with E-state index in [0.717, 1.165) is 24.9 Å². The smallest absolute Gasteiger partial charge is 0.387 e. The van der Waals surface area contributed by atoms with Gasteiger partial charge in [0.05, 0.1) is 13.2 Å². The van der Waals surface area contributed by atoms with Crippen molar-refractivity contribution in [2.75, 3.05) is 27.3 Å². The summed E-state index contributed by atoms with van der Waals surface area (Å²) in [7, 11) is 3.16. The summed E-state index contributed by atoms with van der Waals surface area (Å²) < 4.78 is 39.7. The summed E-state index contributed by atoms with van der Waals surface area (Å²) in [6.07, 6.45) is 2.10. The van der Waals surface area contributed by atoms with Gasteiger partial charge in [0.15, 0.2) is 11.5 Å². The molecule has 0 aromatic heterocycles. The van der Waals surface area contributed by atoms with Crippen LogP contribution in [0.2, 0.25) is 0 Å². The lowest BCUT2D eigenvalue weighted by Crippen LogP contribution is -2.47. The Hall–Kier alpha value is -1.15. The molecule has 2 unspecified atom stereocenters. The van der Waals surface area contributed by atoms with Crippen molar-refractivity contribution in [1.29, 1.82) is 0 Å². The van der Waals surface area contributed by atoms with Crippen LogP contribution in [0.15, 0.2) is 18.2 Å². The molecule has 138 valence electrons. The Kier molecular flexibility index (Phi) is 8.69. The average molecular weight is 367 g/mol. The minimum absolute atomic E-state index is 0. The molecule has 0 bridgehead atoms. The lowest BCUT2D eigenvalue weighted by molar-refractivity contribution is -0.0512. The van der Waals surface area contributed by atoms with Crippen LogP contribution >= 0.6 is 12.4 Å². The number of methoxy groups -OCH3 is 2. The zero-order chi connectivity index (χ0) is 16.8. The summed E-state index contributed by atoms with van der Waals surface area (Å²) in [5.74, 6) is 0.346. The highest BCUT2D eigenvalue weighted by Gasteiger charge is 2.27. The van der Waals surface area contributed by atoms with Crippen LogP contribution in [0.5, 0.6) is 11.5 Å². The molecule has 1 aliphatic heterocycles. The third-order valence-electron chi connectivity index (χ3n) is 4.22. The highest BCUT2D eigenvalue weighted by molar-refractivity contribution is 5.85. The molecule has 2 rings (SSSR count). The molecule has 2 atom stereocenters. The summed E-state index contributed by atoms with van der Waals surface area (Å²) in [5, 5.41) is 0. The summed E-state index contributed by atoms with van der Waals surface area (Å²) in [6.45, 7) is -0.741. The second-order valence-corrected chi connectivity index (χ2v) is 5.61. The first-order valence-electron chi connectivity index (χ1n) is 7.66. The largest absolute Gasteiger partial charge is 0.493 e. The lowest BCUT2D eigenvalue weighted by atomic mass is 9.98. The van der Waals surface area contributed by atoms with Crippen LogP contribution in [0, 0.1) is 0 Å². The van der Waals surface area contributed by atoms with Gasteiger partial charge in [-0.2, -0.15) is 8.78 Å². The molecule has 8 heteroatoms. The molecule has 2 N–H and O–H groups in total. The number of alkyl halides is 2. The minimum atomic E-state index is -2.87. The number of halogens is 3. The second kappa shape index (κ2) is 9.98. The second-order valence-electron chi connectivity index (χ2n) is 5.61. The standard InChI is InChI=1S/C16H24F2N2O3.ClH/c1-21-13-5-6-20(12(8-13)9-19)10-11-3-4-14(23-16(17)18)15(7-11)22-2;/h3-4,7,12-13,16H,5-6,8-10,19H2,1-2H3;1H. The monoisotopic (exact) mass is 366 g/mol. The Morgan fingerprint density at radius 2 is 2.04 bits per heavy atom. The van der Waals surface area contributed by atoms with E-state index in [2.05, 4.69) is 9.64 Å². The van der Waals surface area contributed by atoms with Crippen LogP contribution in [0.1, 0.15) is 18.4 Å². The molecular weight excluding hydrogens is 342 g/mol. The number of rotatable bonds is 7. The number of benzene rings is 1. The van der Waals surface area contributed by atoms with Gasteiger partial charge in [0, 0.05) is 32.8 Å². The van der Waals surface area contributed by atoms with Crippen molar-refractivity contribution in [2.45, 2.75) is 38.1 Å². The summed E-state index contributed by atoms with van der Waals surface area (Å²) in [6, 6.07) is 5.26. The molecule has 0 saturated carbocycles. The van der Waals surface area contributed by atoms with Crippen LogP contribution in [0.25, 0.3) is 0 Å². The van der Waals surface area contributed by atoms with Crippen LogP contribution in [0.4, 0.5) is 8.78 Å². The first-order chi connectivity index (χ1) is 11.1. The van der Waals surface area contributed by atoms with Gasteiger partial charge in [-0.1, -0.05) is 6.07 Å². The van der Waals surface area contributed by atoms with Crippen molar-refractivity contribution >= 4 is 12.4 Å². The van der Waals surface area contributed by atoms with Crippen LogP contribution < -0.4 is 15.2 Å². The number of piperidine rings is 1. The predicted molar refractivity (Wildman–Crippen MR) is 90.2 cm³/mol. The highest BCUT2D eigenvalue weighted by atomic mass is 35.5. The van der Waals surface area contributed by atoms with Gasteiger partial charge in [0.1, 0.15) is 0 Å². The van der Waals surface area contributed by atoms with Crippen LogP contribution in [-0.2, 0) is 11.3 Å². The predicted octanol–water partition coefficient (Wildman–Crippen LogP) is 2.66. The Balaban J connectivity index is 0.00000288. The normalized spacial score (nSPS) is 21.4. The first kappa shape index (κ1) is 20.9. The van der Waals surface area contributed by atoms with Crippen molar-refractivity contribution in [3.05, 3.63) is 23.8 Å². The Morgan fingerprint density at radius 3 is 2.62 bits per heavy atom. The zero-order valence-electron chi connectivity index (χ0n) is 13.9. The summed E-state index contributed by atoms with van der Waals surface area (Å²) in [5.41, 5.74) is 6.84. The Labute approximate surface area is 147 Å². The number of nitrogens with two attached hydrogens (primary N) is 1. The van der Waals surface area contributed by atoms with Crippen molar-refractivity contribution in [1.82, 2.24) is 4.90 Å². The van der Waals surface area contributed by atoms with Gasteiger partial charge in [-0.3, -0.25) is 4.90 Å². The maximum Gasteiger partial charge on any atom is 0.387 e. The molecule has 0 radical (unpaired) electrons. The third-order valence-corrected chi connectivity index (χ3v) is 4.22. The summed E-state index contributed by atoms with van der Waals surface area (Å²) >= 11 is 0. The molecule has 0 amide bonds.